The number of ether oxygens (including phenoxy) is 2. The fourth-order valence-electron chi connectivity index (χ4n) is 5.51. The van der Waals surface area contributed by atoms with E-state index in [0.29, 0.717) is 5.76 Å². The molecule has 0 radical (unpaired) electrons. The molecule has 2 aliphatic rings. The molecule has 2 aromatic heterocycles. The number of aromatic nitrogens is 1. The molecule has 194 valence electrons. The molecule has 1 aromatic carbocycles. The maximum atomic E-state index is 11.8. The maximum Gasteiger partial charge on any atom is 0.374 e. The summed E-state index contributed by atoms with van der Waals surface area (Å²) in [4.78, 5) is 15.4. The van der Waals surface area contributed by atoms with Crippen molar-refractivity contribution in [3.63, 3.8) is 0 Å². The van der Waals surface area contributed by atoms with Gasteiger partial charge in [0.2, 0.25) is 5.76 Å². The van der Waals surface area contributed by atoms with Crippen LogP contribution in [0.4, 0.5) is 0 Å². The van der Waals surface area contributed by atoms with Crippen LogP contribution in [-0.2, 0) is 24.0 Å². The van der Waals surface area contributed by atoms with Crippen molar-refractivity contribution < 1.29 is 18.7 Å². The van der Waals surface area contributed by atoms with Crippen LogP contribution < -0.4 is 15.4 Å². The highest BCUT2D eigenvalue weighted by atomic mass is 16.6. The smallest absolute Gasteiger partial charge is 0.374 e. The highest BCUT2D eigenvalue weighted by Crippen LogP contribution is 2.29. The Hall–Kier alpha value is -3.47. The van der Waals surface area contributed by atoms with Crippen LogP contribution in [0, 0.1) is 0 Å². The zero-order valence-corrected chi connectivity index (χ0v) is 22.0. The number of carbonyl (C=O) groups excluding carboxylic acids is 1. The number of hydrogen-bond donors (Lipinski definition) is 1. The Balaban J connectivity index is 1.36. The molecule has 0 aliphatic heterocycles. The number of nitrogens with one attached hydrogen (secondary N) is 1. The summed E-state index contributed by atoms with van der Waals surface area (Å²) in [6.45, 7) is 2.26. The van der Waals surface area contributed by atoms with Crippen LogP contribution in [0.2, 0.25) is 0 Å². The Bertz CT molecular complexity index is 1370. The number of unbranched alkanes of at least 4 members (excludes halogenated alkanes) is 4. The summed E-state index contributed by atoms with van der Waals surface area (Å²) in [5.41, 5.74) is 5.50. The number of H-pyrrole nitrogens is 1. The second-order valence-electron chi connectivity index (χ2n) is 10.1. The van der Waals surface area contributed by atoms with Crippen LogP contribution in [0.25, 0.3) is 11.8 Å². The molecule has 5 nitrogen and oxygen atoms in total. The van der Waals surface area contributed by atoms with Crippen molar-refractivity contribution in [2.24, 2.45) is 0 Å². The lowest BCUT2D eigenvalue weighted by molar-refractivity contribution is 0.0560. The highest BCUT2D eigenvalue weighted by molar-refractivity contribution is 5.86. The molecule has 1 atom stereocenters. The number of aryl methyl sites for hydroxylation is 1. The van der Waals surface area contributed by atoms with Gasteiger partial charge in [0.25, 0.3) is 5.95 Å². The molecule has 0 saturated carbocycles. The minimum Gasteiger partial charge on any atom is -0.463 e. The molecule has 5 rings (SSSR count). The summed E-state index contributed by atoms with van der Waals surface area (Å²) in [5, 5.41) is 2.22. The average Bonchev–Trinajstić information content (AvgIpc) is 3.56. The molecule has 0 bridgehead atoms. The second-order valence-corrected chi connectivity index (χ2v) is 10.1. The SMILES string of the molecule is CCCCCCCc1ccc(CC2C=CC(Oc3ccc(C(=O)OC)o3)=c3[nH]c4c(c32)CCCC=4)cc1. The van der Waals surface area contributed by atoms with E-state index in [2.05, 4.69) is 48.3 Å². The third-order valence-electron chi connectivity index (χ3n) is 7.48. The van der Waals surface area contributed by atoms with Crippen molar-refractivity contribution >= 4 is 17.8 Å². The van der Waals surface area contributed by atoms with Crippen molar-refractivity contribution in [1.82, 2.24) is 4.98 Å². The first-order chi connectivity index (χ1) is 18.2. The lowest BCUT2D eigenvalue weighted by Gasteiger charge is -2.20. The second kappa shape index (κ2) is 11.7. The first kappa shape index (κ1) is 25.2. The first-order valence-corrected chi connectivity index (χ1v) is 13.7. The van der Waals surface area contributed by atoms with Crippen molar-refractivity contribution in [1.29, 1.82) is 0 Å². The normalized spacial score (nSPS) is 16.2. The fraction of sp³-hybridized carbons (Fsp3) is 0.406. The maximum absolute atomic E-state index is 11.8. The molecular weight excluding hydrogens is 462 g/mol. The van der Waals surface area contributed by atoms with E-state index in [-0.39, 0.29) is 17.6 Å². The summed E-state index contributed by atoms with van der Waals surface area (Å²) >= 11 is 0. The van der Waals surface area contributed by atoms with Crippen molar-refractivity contribution in [3.05, 3.63) is 87.3 Å². The Morgan fingerprint density at radius 3 is 2.68 bits per heavy atom. The monoisotopic (exact) mass is 499 g/mol. The molecule has 37 heavy (non-hydrogen) atoms. The van der Waals surface area contributed by atoms with Gasteiger partial charge in [0.1, 0.15) is 0 Å². The molecule has 0 amide bonds. The number of allylic oxidation sites excluding steroid dienone is 1. The molecule has 1 N–H and O–H groups in total. The predicted molar refractivity (Wildman–Crippen MR) is 146 cm³/mol. The first-order valence-electron chi connectivity index (χ1n) is 13.7. The Morgan fingerprint density at radius 2 is 1.86 bits per heavy atom. The summed E-state index contributed by atoms with van der Waals surface area (Å²) in [5.74, 6) is 0.854. The Kier molecular flexibility index (Phi) is 7.98. The van der Waals surface area contributed by atoms with Crippen molar-refractivity contribution in [2.45, 2.75) is 77.0 Å². The van der Waals surface area contributed by atoms with E-state index in [1.165, 1.54) is 73.2 Å². The van der Waals surface area contributed by atoms with E-state index < -0.39 is 5.97 Å². The average molecular weight is 500 g/mol. The van der Waals surface area contributed by atoms with E-state index in [1.807, 2.05) is 6.08 Å². The molecule has 3 aromatic rings. The third-order valence-corrected chi connectivity index (χ3v) is 7.48. The molecule has 0 fully saturated rings. The van der Waals surface area contributed by atoms with Gasteiger partial charge in [-0.05, 0) is 72.9 Å². The summed E-state index contributed by atoms with van der Waals surface area (Å²) in [6, 6.07) is 12.4. The fourth-order valence-corrected chi connectivity index (χ4v) is 5.51. The largest absolute Gasteiger partial charge is 0.463 e. The van der Waals surface area contributed by atoms with Gasteiger partial charge in [-0.3, -0.25) is 0 Å². The molecular formula is C32H37NO4. The summed E-state index contributed by atoms with van der Waals surface area (Å²) < 4.78 is 16.4. The number of aromatic amines is 1. The van der Waals surface area contributed by atoms with Gasteiger partial charge >= 0.3 is 5.97 Å². The van der Waals surface area contributed by atoms with Crippen molar-refractivity contribution in [3.8, 4) is 5.95 Å². The lowest BCUT2D eigenvalue weighted by atomic mass is 9.85. The standard InChI is InChI=1S/C32H37NO4/c1-3-4-5-6-7-10-22-13-15-23(16-14-22)21-24-17-18-27(36-29-20-19-28(37-29)32(34)35-2)31-30(24)25-11-8-9-12-26(25)33-31/h12-20,24,33H,3-11,21H2,1-2H3. The molecule has 0 spiro atoms. The molecule has 5 heteroatoms. The Morgan fingerprint density at radius 1 is 1.05 bits per heavy atom. The van der Waals surface area contributed by atoms with Gasteiger partial charge in [-0.1, -0.05) is 69.0 Å². The van der Waals surface area contributed by atoms with Crippen LogP contribution in [0.15, 0.2) is 53.0 Å². The minimum atomic E-state index is -0.521. The molecule has 2 aliphatic carbocycles. The lowest BCUT2D eigenvalue weighted by Crippen LogP contribution is -2.23. The van der Waals surface area contributed by atoms with Gasteiger partial charge in [-0.25, -0.2) is 4.79 Å². The number of benzene rings is 1. The summed E-state index contributed by atoms with van der Waals surface area (Å²) in [7, 11) is 1.33. The number of hydrogen-bond acceptors (Lipinski definition) is 4. The topological polar surface area (TPSA) is 64.5 Å². The van der Waals surface area contributed by atoms with E-state index in [9.17, 15) is 4.79 Å². The van der Waals surface area contributed by atoms with Gasteiger partial charge < -0.3 is 18.9 Å². The highest BCUT2D eigenvalue weighted by Gasteiger charge is 2.25. The number of furan rings is 1. The third kappa shape index (κ3) is 5.76. The number of rotatable bonds is 11. The number of methoxy groups -OCH3 is 1. The van der Waals surface area contributed by atoms with Crippen LogP contribution in [0.5, 0.6) is 5.95 Å². The van der Waals surface area contributed by atoms with Gasteiger partial charge in [0.15, 0.2) is 5.76 Å². The number of fused-ring (bicyclic) bond motifs is 3. The number of esters is 1. The van der Waals surface area contributed by atoms with E-state index in [4.69, 9.17) is 13.9 Å². The zero-order valence-electron chi connectivity index (χ0n) is 22.0. The predicted octanol–water partition coefficient (Wildman–Crippen LogP) is 6.11. The van der Waals surface area contributed by atoms with Crippen LogP contribution in [0.1, 0.15) is 90.6 Å². The number of carbonyl (C=O) groups is 1. The van der Waals surface area contributed by atoms with Gasteiger partial charge in [0, 0.05) is 17.3 Å². The minimum absolute atomic E-state index is 0.125. The van der Waals surface area contributed by atoms with Crippen molar-refractivity contribution in [2.75, 3.05) is 7.11 Å². The van der Waals surface area contributed by atoms with E-state index in [0.717, 1.165) is 31.0 Å². The Labute approximate surface area is 218 Å². The van der Waals surface area contributed by atoms with Crippen LogP contribution in [0.3, 0.4) is 0 Å². The van der Waals surface area contributed by atoms with E-state index in [1.54, 1.807) is 12.1 Å². The molecule has 0 saturated heterocycles. The van der Waals surface area contributed by atoms with Gasteiger partial charge in [-0.15, -0.1) is 0 Å². The molecule has 1 unspecified atom stereocenters. The van der Waals surface area contributed by atoms with Crippen LogP contribution >= 0.6 is 0 Å². The zero-order chi connectivity index (χ0) is 25.6. The van der Waals surface area contributed by atoms with Gasteiger partial charge in [0.05, 0.1) is 12.5 Å². The van der Waals surface area contributed by atoms with Crippen LogP contribution in [-0.4, -0.2) is 18.1 Å². The molecule has 2 heterocycles. The quantitative estimate of drug-likeness (QED) is 0.255. The summed E-state index contributed by atoms with van der Waals surface area (Å²) in [6.07, 6.45) is 18.6. The van der Waals surface area contributed by atoms with E-state index >= 15 is 0 Å². The van der Waals surface area contributed by atoms with Gasteiger partial charge in [-0.2, -0.15) is 0 Å².